The van der Waals surface area contributed by atoms with Gasteiger partial charge in [-0.3, -0.25) is 15.1 Å². The van der Waals surface area contributed by atoms with Crippen LogP contribution in [0, 0.1) is 6.92 Å². The van der Waals surface area contributed by atoms with Gasteiger partial charge in [0.25, 0.3) is 5.91 Å². The van der Waals surface area contributed by atoms with Gasteiger partial charge < -0.3 is 9.64 Å². The van der Waals surface area contributed by atoms with Crippen LogP contribution in [-0.2, 0) is 0 Å². The normalized spacial score (nSPS) is 17.7. The maximum absolute atomic E-state index is 12.2. The fraction of sp³-hybridized carbons (Fsp3) is 0.412. The Morgan fingerprint density at radius 2 is 2.33 bits per heavy atom. The molecule has 126 valence electrons. The van der Waals surface area contributed by atoms with Crippen molar-refractivity contribution in [2.75, 3.05) is 25.5 Å². The Morgan fingerprint density at radius 1 is 1.46 bits per heavy atom. The van der Waals surface area contributed by atoms with Gasteiger partial charge in [-0.2, -0.15) is 4.98 Å². The van der Waals surface area contributed by atoms with Gasteiger partial charge in [0.2, 0.25) is 11.8 Å². The highest BCUT2D eigenvalue weighted by Gasteiger charge is 2.21. The van der Waals surface area contributed by atoms with Crippen molar-refractivity contribution in [2.45, 2.75) is 25.8 Å². The summed E-state index contributed by atoms with van der Waals surface area (Å²) in [6, 6.07) is 5.58. The molecular formula is C17H21N5O2. The van der Waals surface area contributed by atoms with Crippen LogP contribution in [-0.4, -0.2) is 52.0 Å². The predicted molar refractivity (Wildman–Crippen MR) is 90.1 cm³/mol. The molecule has 0 saturated carbocycles. The number of amides is 1. The lowest BCUT2D eigenvalue weighted by molar-refractivity contribution is 0.102. The number of aromatic nitrogens is 3. The van der Waals surface area contributed by atoms with Gasteiger partial charge in [-0.25, -0.2) is 4.98 Å². The second-order valence-electron chi connectivity index (χ2n) is 5.95. The molecule has 0 spiro atoms. The SMILES string of the molecule is Cc1cc(OCC2CCCN2C)nc(NC(=O)c2cccnc2)n1. The minimum Gasteiger partial charge on any atom is -0.476 e. The first-order chi connectivity index (χ1) is 11.6. The summed E-state index contributed by atoms with van der Waals surface area (Å²) in [5.41, 5.74) is 1.19. The lowest BCUT2D eigenvalue weighted by Crippen LogP contribution is -2.30. The van der Waals surface area contributed by atoms with Gasteiger partial charge in [-0.05, 0) is 45.5 Å². The number of anilines is 1. The average Bonchev–Trinajstić information content (AvgIpc) is 2.98. The van der Waals surface area contributed by atoms with Crippen LogP contribution in [0.25, 0.3) is 0 Å². The Bertz CT molecular complexity index is 707. The van der Waals surface area contributed by atoms with Crippen molar-refractivity contribution in [2.24, 2.45) is 0 Å². The number of hydrogen-bond donors (Lipinski definition) is 1. The van der Waals surface area contributed by atoms with Gasteiger partial charge in [0.15, 0.2) is 0 Å². The van der Waals surface area contributed by atoms with Crippen LogP contribution < -0.4 is 10.1 Å². The van der Waals surface area contributed by atoms with Crippen LogP contribution >= 0.6 is 0 Å². The van der Waals surface area contributed by atoms with Gasteiger partial charge in [0, 0.05) is 30.2 Å². The fourth-order valence-electron chi connectivity index (χ4n) is 2.71. The van der Waals surface area contributed by atoms with E-state index < -0.39 is 0 Å². The van der Waals surface area contributed by atoms with Crippen LogP contribution in [0.15, 0.2) is 30.6 Å². The number of rotatable bonds is 5. The van der Waals surface area contributed by atoms with Crippen molar-refractivity contribution in [3.8, 4) is 5.88 Å². The molecule has 1 saturated heterocycles. The topological polar surface area (TPSA) is 80.2 Å². The van der Waals surface area contributed by atoms with Crippen molar-refractivity contribution in [3.05, 3.63) is 41.9 Å². The highest BCUT2D eigenvalue weighted by Crippen LogP contribution is 2.18. The molecule has 3 rings (SSSR count). The number of carbonyl (C=O) groups excluding carboxylic acids is 1. The number of likely N-dealkylation sites (N-methyl/N-ethyl adjacent to an activating group) is 1. The molecule has 0 aliphatic carbocycles. The second kappa shape index (κ2) is 7.35. The first-order valence-electron chi connectivity index (χ1n) is 8.02. The first kappa shape index (κ1) is 16.3. The Morgan fingerprint density at radius 3 is 3.04 bits per heavy atom. The molecule has 2 aromatic heterocycles. The molecule has 1 aliphatic heterocycles. The summed E-state index contributed by atoms with van der Waals surface area (Å²) in [4.78, 5) is 26.9. The maximum atomic E-state index is 12.2. The molecule has 7 heteroatoms. The number of hydrogen-bond acceptors (Lipinski definition) is 6. The molecule has 3 heterocycles. The number of pyridine rings is 1. The molecule has 1 aliphatic rings. The molecule has 0 aromatic carbocycles. The summed E-state index contributed by atoms with van der Waals surface area (Å²) in [6.07, 6.45) is 5.44. The number of nitrogens with zero attached hydrogens (tertiary/aromatic N) is 4. The van der Waals surface area contributed by atoms with E-state index in [-0.39, 0.29) is 11.9 Å². The summed E-state index contributed by atoms with van der Waals surface area (Å²) >= 11 is 0. The highest BCUT2D eigenvalue weighted by molar-refractivity contribution is 6.03. The zero-order valence-electron chi connectivity index (χ0n) is 13.9. The van der Waals surface area contributed by atoms with Gasteiger partial charge in [-0.15, -0.1) is 0 Å². The van der Waals surface area contributed by atoms with E-state index in [0.29, 0.717) is 24.1 Å². The van der Waals surface area contributed by atoms with E-state index in [9.17, 15) is 4.79 Å². The number of ether oxygens (including phenoxy) is 1. The molecule has 1 fully saturated rings. The van der Waals surface area contributed by atoms with E-state index in [0.717, 1.165) is 18.7 Å². The summed E-state index contributed by atoms with van der Waals surface area (Å²) in [5.74, 6) is 0.415. The summed E-state index contributed by atoms with van der Waals surface area (Å²) < 4.78 is 5.81. The van der Waals surface area contributed by atoms with Crippen molar-refractivity contribution in [3.63, 3.8) is 0 Å². The number of carbonyl (C=O) groups is 1. The smallest absolute Gasteiger partial charge is 0.259 e. The van der Waals surface area contributed by atoms with E-state index in [1.54, 1.807) is 24.4 Å². The minimum atomic E-state index is -0.296. The zero-order valence-corrected chi connectivity index (χ0v) is 13.9. The van der Waals surface area contributed by atoms with Gasteiger partial charge >= 0.3 is 0 Å². The second-order valence-corrected chi connectivity index (χ2v) is 5.95. The molecule has 0 bridgehead atoms. The molecule has 2 aromatic rings. The molecule has 0 radical (unpaired) electrons. The zero-order chi connectivity index (χ0) is 16.9. The third kappa shape index (κ3) is 4.05. The molecule has 1 amide bonds. The molecule has 7 nitrogen and oxygen atoms in total. The monoisotopic (exact) mass is 327 g/mol. The molecule has 1 unspecified atom stereocenters. The number of nitrogens with one attached hydrogen (secondary N) is 1. The number of aryl methyl sites for hydroxylation is 1. The molecular weight excluding hydrogens is 306 g/mol. The first-order valence-corrected chi connectivity index (χ1v) is 8.02. The van der Waals surface area contributed by atoms with Gasteiger partial charge in [-0.1, -0.05) is 0 Å². The molecule has 24 heavy (non-hydrogen) atoms. The third-order valence-electron chi connectivity index (χ3n) is 4.07. The molecule has 1 N–H and O–H groups in total. The lowest BCUT2D eigenvalue weighted by Gasteiger charge is -2.19. The molecule has 1 atom stereocenters. The Balaban J connectivity index is 1.66. The fourth-order valence-corrected chi connectivity index (χ4v) is 2.71. The van der Waals surface area contributed by atoms with Crippen LogP contribution in [0.4, 0.5) is 5.95 Å². The quantitative estimate of drug-likeness (QED) is 0.903. The Labute approximate surface area is 141 Å². The highest BCUT2D eigenvalue weighted by atomic mass is 16.5. The largest absolute Gasteiger partial charge is 0.476 e. The Kier molecular flexibility index (Phi) is 5.00. The van der Waals surface area contributed by atoms with E-state index in [4.69, 9.17) is 4.74 Å². The van der Waals surface area contributed by atoms with E-state index in [1.165, 1.54) is 12.6 Å². The summed E-state index contributed by atoms with van der Waals surface area (Å²) in [6.45, 7) is 3.53. The third-order valence-corrected chi connectivity index (χ3v) is 4.07. The van der Waals surface area contributed by atoms with Crippen molar-refractivity contribution >= 4 is 11.9 Å². The summed E-state index contributed by atoms with van der Waals surface area (Å²) in [5, 5.41) is 2.68. The standard InChI is InChI=1S/C17H21N5O2/c1-12-9-15(24-11-14-6-4-8-22(14)2)20-17(19-12)21-16(23)13-5-3-7-18-10-13/h3,5,7,9-10,14H,4,6,8,11H2,1-2H3,(H,19,20,21,23). The maximum Gasteiger partial charge on any atom is 0.259 e. The van der Waals surface area contributed by atoms with Crippen LogP contribution in [0.3, 0.4) is 0 Å². The van der Waals surface area contributed by atoms with Gasteiger partial charge in [0.05, 0.1) is 5.56 Å². The average molecular weight is 327 g/mol. The summed E-state index contributed by atoms with van der Waals surface area (Å²) in [7, 11) is 2.10. The van der Waals surface area contributed by atoms with E-state index in [1.807, 2.05) is 6.92 Å². The van der Waals surface area contributed by atoms with Crippen LogP contribution in [0.1, 0.15) is 28.9 Å². The predicted octanol–water partition coefficient (Wildman–Crippen LogP) is 1.91. The van der Waals surface area contributed by atoms with Crippen LogP contribution in [0.2, 0.25) is 0 Å². The van der Waals surface area contributed by atoms with E-state index in [2.05, 4.69) is 32.2 Å². The van der Waals surface area contributed by atoms with E-state index >= 15 is 0 Å². The number of likely N-dealkylation sites (tertiary alicyclic amines) is 1. The van der Waals surface area contributed by atoms with Crippen molar-refractivity contribution < 1.29 is 9.53 Å². The minimum absolute atomic E-state index is 0.235. The lowest BCUT2D eigenvalue weighted by atomic mass is 10.2. The van der Waals surface area contributed by atoms with Crippen molar-refractivity contribution in [1.82, 2.24) is 19.9 Å². The van der Waals surface area contributed by atoms with Crippen LogP contribution in [0.5, 0.6) is 5.88 Å². The Hall–Kier alpha value is -2.54. The van der Waals surface area contributed by atoms with Crippen molar-refractivity contribution in [1.29, 1.82) is 0 Å². The van der Waals surface area contributed by atoms with Gasteiger partial charge in [0.1, 0.15) is 6.61 Å².